The Kier molecular flexibility index (Phi) is 4.02. The number of carbonyl (C=O) groups is 1. The van der Waals surface area contributed by atoms with Crippen LogP contribution in [0.1, 0.15) is 25.6 Å². The number of nitrogen functional groups attached to an aromatic ring is 1. The van der Waals surface area contributed by atoms with E-state index in [1.807, 2.05) is 13.8 Å². The molecule has 0 unspecified atom stereocenters. The molecule has 0 spiro atoms. The van der Waals surface area contributed by atoms with Crippen LogP contribution in [0, 0.1) is 5.82 Å². The van der Waals surface area contributed by atoms with Crippen LogP contribution >= 0.6 is 0 Å². The number of carbonyl (C=O) groups excluding carboxylic acids is 1. The van der Waals surface area contributed by atoms with E-state index >= 15 is 0 Å². The zero-order valence-electron chi connectivity index (χ0n) is 11.4. The molecule has 2 aromatic rings. The fraction of sp³-hybridized carbons (Fsp3) is 0.286. The van der Waals surface area contributed by atoms with Crippen LogP contribution in [0.2, 0.25) is 0 Å². The van der Waals surface area contributed by atoms with Crippen LogP contribution in [0.15, 0.2) is 30.6 Å². The minimum absolute atomic E-state index is 0.143. The van der Waals surface area contributed by atoms with Crippen LogP contribution in [-0.4, -0.2) is 15.5 Å². The van der Waals surface area contributed by atoms with Crippen LogP contribution in [0.3, 0.4) is 0 Å². The summed E-state index contributed by atoms with van der Waals surface area (Å²) >= 11 is 0. The van der Waals surface area contributed by atoms with Gasteiger partial charge in [-0.25, -0.2) is 9.37 Å². The highest BCUT2D eigenvalue weighted by molar-refractivity contribution is 5.93. The van der Waals surface area contributed by atoms with Crippen molar-refractivity contribution in [1.82, 2.24) is 9.55 Å². The minimum Gasteiger partial charge on any atom is -0.397 e. The van der Waals surface area contributed by atoms with Gasteiger partial charge in [-0.3, -0.25) is 4.79 Å². The van der Waals surface area contributed by atoms with E-state index in [2.05, 4.69) is 10.3 Å². The molecule has 1 amide bonds. The first-order valence-electron chi connectivity index (χ1n) is 6.33. The van der Waals surface area contributed by atoms with Crippen LogP contribution in [0.25, 0.3) is 0 Å². The molecule has 0 saturated heterocycles. The SMILES string of the molecule is CC(C)c1nccn1CC(=O)Nc1ccc(F)cc1N. The number of halogens is 1. The van der Waals surface area contributed by atoms with Gasteiger partial charge in [0.1, 0.15) is 18.2 Å². The van der Waals surface area contributed by atoms with Crippen molar-refractivity contribution in [3.05, 3.63) is 42.2 Å². The zero-order chi connectivity index (χ0) is 14.7. The van der Waals surface area contributed by atoms with Crippen LogP contribution in [-0.2, 0) is 11.3 Å². The summed E-state index contributed by atoms with van der Waals surface area (Å²) in [5.74, 6) is 0.404. The van der Waals surface area contributed by atoms with Gasteiger partial charge in [-0.1, -0.05) is 13.8 Å². The average Bonchev–Trinajstić information content (AvgIpc) is 2.81. The van der Waals surface area contributed by atoms with E-state index in [1.54, 1.807) is 17.0 Å². The lowest BCUT2D eigenvalue weighted by Gasteiger charge is -2.11. The topological polar surface area (TPSA) is 72.9 Å². The maximum atomic E-state index is 12.9. The standard InChI is InChI=1S/C14H17FN4O/c1-9(2)14-17-5-6-19(14)8-13(20)18-12-4-3-10(15)7-11(12)16/h3-7,9H,8,16H2,1-2H3,(H,18,20). The van der Waals surface area contributed by atoms with Gasteiger partial charge >= 0.3 is 0 Å². The number of aromatic nitrogens is 2. The molecule has 0 aliphatic heterocycles. The highest BCUT2D eigenvalue weighted by atomic mass is 19.1. The number of amides is 1. The second kappa shape index (κ2) is 5.73. The van der Waals surface area contributed by atoms with Crippen molar-refractivity contribution in [3.63, 3.8) is 0 Å². The maximum Gasteiger partial charge on any atom is 0.244 e. The Morgan fingerprint density at radius 3 is 2.90 bits per heavy atom. The van der Waals surface area contributed by atoms with Crippen LogP contribution in [0.4, 0.5) is 15.8 Å². The Morgan fingerprint density at radius 1 is 1.50 bits per heavy atom. The summed E-state index contributed by atoms with van der Waals surface area (Å²) in [7, 11) is 0. The summed E-state index contributed by atoms with van der Waals surface area (Å²) < 4.78 is 14.7. The highest BCUT2D eigenvalue weighted by Crippen LogP contribution is 2.19. The summed E-state index contributed by atoms with van der Waals surface area (Å²) in [5, 5.41) is 2.66. The van der Waals surface area contributed by atoms with Crippen molar-refractivity contribution in [2.45, 2.75) is 26.3 Å². The largest absolute Gasteiger partial charge is 0.397 e. The fourth-order valence-electron chi connectivity index (χ4n) is 1.95. The van der Waals surface area contributed by atoms with E-state index in [9.17, 15) is 9.18 Å². The Labute approximate surface area is 116 Å². The molecular formula is C14H17FN4O. The number of hydrogen-bond donors (Lipinski definition) is 2. The molecular weight excluding hydrogens is 259 g/mol. The molecule has 0 radical (unpaired) electrons. The summed E-state index contributed by atoms with van der Waals surface area (Å²) in [4.78, 5) is 16.2. The van der Waals surface area contributed by atoms with Gasteiger partial charge < -0.3 is 15.6 Å². The number of hydrogen-bond acceptors (Lipinski definition) is 3. The second-order valence-corrected chi connectivity index (χ2v) is 4.85. The Bertz CT molecular complexity index is 621. The minimum atomic E-state index is -0.433. The number of nitrogens with two attached hydrogens (primary N) is 1. The van der Waals surface area contributed by atoms with Crippen molar-refractivity contribution in [2.24, 2.45) is 0 Å². The van der Waals surface area contributed by atoms with Gasteiger partial charge in [-0.05, 0) is 18.2 Å². The first-order valence-corrected chi connectivity index (χ1v) is 6.33. The van der Waals surface area contributed by atoms with Crippen molar-refractivity contribution < 1.29 is 9.18 Å². The predicted molar refractivity (Wildman–Crippen MR) is 75.8 cm³/mol. The van der Waals surface area contributed by atoms with Crippen LogP contribution < -0.4 is 11.1 Å². The maximum absolute atomic E-state index is 12.9. The molecule has 1 aromatic heterocycles. The van der Waals surface area contributed by atoms with E-state index in [1.165, 1.54) is 18.2 Å². The summed E-state index contributed by atoms with van der Waals surface area (Å²) in [5.41, 5.74) is 6.25. The predicted octanol–water partition coefficient (Wildman–Crippen LogP) is 2.37. The van der Waals surface area contributed by atoms with E-state index in [-0.39, 0.29) is 24.1 Å². The molecule has 0 aliphatic rings. The highest BCUT2D eigenvalue weighted by Gasteiger charge is 2.11. The van der Waals surface area contributed by atoms with Gasteiger partial charge in [-0.2, -0.15) is 0 Å². The molecule has 3 N–H and O–H groups in total. The van der Waals surface area contributed by atoms with Gasteiger partial charge in [0.15, 0.2) is 0 Å². The normalized spacial score (nSPS) is 10.8. The molecule has 5 nitrogen and oxygen atoms in total. The number of rotatable bonds is 4. The summed E-state index contributed by atoms with van der Waals surface area (Å²) in [6.45, 7) is 4.16. The fourth-order valence-corrected chi connectivity index (χ4v) is 1.95. The number of benzene rings is 1. The third-order valence-corrected chi connectivity index (χ3v) is 2.87. The lowest BCUT2D eigenvalue weighted by atomic mass is 10.2. The molecule has 20 heavy (non-hydrogen) atoms. The number of imidazole rings is 1. The number of nitrogens with one attached hydrogen (secondary N) is 1. The second-order valence-electron chi connectivity index (χ2n) is 4.85. The Morgan fingerprint density at radius 2 is 2.25 bits per heavy atom. The summed E-state index contributed by atoms with van der Waals surface area (Å²) in [6.07, 6.45) is 3.41. The molecule has 0 saturated carbocycles. The molecule has 0 atom stereocenters. The lowest BCUT2D eigenvalue weighted by Crippen LogP contribution is -2.20. The zero-order valence-corrected chi connectivity index (χ0v) is 11.4. The number of anilines is 2. The third kappa shape index (κ3) is 3.14. The molecule has 0 aliphatic carbocycles. The van der Waals surface area contributed by atoms with Gasteiger partial charge in [-0.15, -0.1) is 0 Å². The van der Waals surface area contributed by atoms with Gasteiger partial charge in [0.25, 0.3) is 0 Å². The van der Waals surface area contributed by atoms with Crippen molar-refractivity contribution in [2.75, 3.05) is 11.1 Å². The van der Waals surface area contributed by atoms with Gasteiger partial charge in [0, 0.05) is 18.3 Å². The van der Waals surface area contributed by atoms with Crippen molar-refractivity contribution >= 4 is 17.3 Å². The first-order chi connectivity index (χ1) is 9.47. The van der Waals surface area contributed by atoms with Crippen molar-refractivity contribution in [3.8, 4) is 0 Å². The quantitative estimate of drug-likeness (QED) is 0.842. The summed E-state index contributed by atoms with van der Waals surface area (Å²) in [6, 6.07) is 3.87. The lowest BCUT2D eigenvalue weighted by molar-refractivity contribution is -0.116. The Hall–Kier alpha value is -2.37. The molecule has 0 bridgehead atoms. The first kappa shape index (κ1) is 14.0. The van der Waals surface area contributed by atoms with E-state index in [0.29, 0.717) is 5.69 Å². The van der Waals surface area contributed by atoms with Gasteiger partial charge in [0.05, 0.1) is 11.4 Å². The van der Waals surface area contributed by atoms with E-state index in [0.717, 1.165) is 5.82 Å². The van der Waals surface area contributed by atoms with Gasteiger partial charge in [0.2, 0.25) is 5.91 Å². The molecule has 2 rings (SSSR count). The van der Waals surface area contributed by atoms with Crippen LogP contribution in [0.5, 0.6) is 0 Å². The monoisotopic (exact) mass is 276 g/mol. The smallest absolute Gasteiger partial charge is 0.244 e. The average molecular weight is 276 g/mol. The van der Waals surface area contributed by atoms with Crippen molar-refractivity contribution in [1.29, 1.82) is 0 Å². The molecule has 1 aromatic carbocycles. The van der Waals surface area contributed by atoms with E-state index < -0.39 is 5.82 Å². The molecule has 0 fully saturated rings. The molecule has 6 heteroatoms. The third-order valence-electron chi connectivity index (χ3n) is 2.87. The molecule has 106 valence electrons. The number of nitrogens with zero attached hydrogens (tertiary/aromatic N) is 2. The van der Waals surface area contributed by atoms with E-state index in [4.69, 9.17) is 5.73 Å². The Balaban J connectivity index is 2.07. The molecule has 1 heterocycles.